The number of hydrogen-bond donors (Lipinski definition) is 3. The van der Waals surface area contributed by atoms with E-state index in [4.69, 9.17) is 75.8 Å². The number of aliphatic hydroxyl groups is 3. The van der Waals surface area contributed by atoms with Crippen LogP contribution >= 0.6 is 0 Å². The van der Waals surface area contributed by atoms with Crippen molar-refractivity contribution in [2.45, 2.75) is 184 Å². The summed E-state index contributed by atoms with van der Waals surface area (Å²) in [6, 6.07) is -2.97. The fraction of sp³-hybridized carbons (Fsp3) is 0.614. The molecule has 2 rings (SSSR count). The average molecular weight is 1320 g/mol. The minimum absolute atomic E-state index is 0.0739. The predicted octanol–water partition coefficient (Wildman–Crippen LogP) is 0.506. The van der Waals surface area contributed by atoms with Crippen molar-refractivity contribution in [3.8, 4) is 0 Å². The lowest BCUT2D eigenvalue weighted by Crippen LogP contribution is -2.61. The van der Waals surface area contributed by atoms with Crippen molar-refractivity contribution in [2.24, 2.45) is 0 Å². The number of aliphatic hydroxyl groups excluding tert-OH is 3. The summed E-state index contributed by atoms with van der Waals surface area (Å²) in [7, 11) is 1.50. The van der Waals surface area contributed by atoms with Crippen LogP contribution in [0.1, 0.15) is 115 Å². The third-order valence-corrected chi connectivity index (χ3v) is 11.7. The van der Waals surface area contributed by atoms with Crippen LogP contribution in [-0.2, 0) is 146 Å². The van der Waals surface area contributed by atoms with E-state index in [1.807, 2.05) is 0 Å². The van der Waals surface area contributed by atoms with Gasteiger partial charge in [0.2, 0.25) is 36.3 Å². The Morgan fingerprint density at radius 1 is 0.543 bits per heavy atom. The van der Waals surface area contributed by atoms with E-state index in [1.165, 1.54) is 31.0 Å². The van der Waals surface area contributed by atoms with Crippen molar-refractivity contribution < 1.29 is 149 Å². The molecule has 514 valence electrons. The number of rotatable bonds is 38. The Bertz CT molecular complexity index is 2880. The third kappa shape index (κ3) is 28.7. The number of hydrogen-bond acceptors (Lipinski definition) is 33. The zero-order valence-electron chi connectivity index (χ0n) is 53.3. The van der Waals surface area contributed by atoms with Crippen LogP contribution in [0.2, 0.25) is 0 Å². The first-order valence-electron chi connectivity index (χ1n) is 28.1. The highest BCUT2D eigenvalue weighted by atomic mass is 16.7. The fourth-order valence-electron chi connectivity index (χ4n) is 8.44. The smallest absolute Gasteiger partial charge is 0.308 e. The molecule has 35 heteroatoms. The van der Waals surface area contributed by atoms with Crippen LogP contribution in [0, 0.1) is 0 Å². The van der Waals surface area contributed by atoms with Crippen LogP contribution in [0.3, 0.4) is 0 Å². The maximum atomic E-state index is 14.1. The highest BCUT2D eigenvalue weighted by Crippen LogP contribution is 2.35. The second-order valence-corrected chi connectivity index (χ2v) is 19.5. The zero-order chi connectivity index (χ0) is 69.5. The van der Waals surface area contributed by atoms with Gasteiger partial charge in [-0.05, 0) is 12.5 Å². The lowest BCUT2D eigenvalue weighted by Gasteiger charge is -2.45. The van der Waals surface area contributed by atoms with Gasteiger partial charge in [-0.25, -0.2) is 4.68 Å². The monoisotopic (exact) mass is 1320 g/mol. The molecule has 35 nitrogen and oxygen atoms in total. The first-order valence-corrected chi connectivity index (χ1v) is 28.1. The molecule has 0 fully saturated rings. The number of esters is 11. The number of ether oxygens (including phenoxy) is 16. The molecule has 0 radical (unpaired) electrons. The van der Waals surface area contributed by atoms with E-state index in [-0.39, 0.29) is 30.8 Å². The van der Waals surface area contributed by atoms with E-state index in [0.717, 1.165) is 94.1 Å². The largest absolute Gasteiger partial charge is 0.466 e. The van der Waals surface area contributed by atoms with Crippen molar-refractivity contribution in [2.75, 3.05) is 46.8 Å². The molecule has 1 heterocycles. The molecule has 0 saturated heterocycles. The van der Waals surface area contributed by atoms with Crippen LogP contribution in [0.4, 0.5) is 0 Å². The number of carbonyl (C=O) groups is 12. The summed E-state index contributed by atoms with van der Waals surface area (Å²) < 4.78 is 88.5. The number of carbonyl (C=O) groups excluding carboxylic acids is 12. The van der Waals surface area contributed by atoms with E-state index in [1.54, 1.807) is 0 Å². The average Bonchev–Trinajstić information content (AvgIpc) is 0.849. The summed E-state index contributed by atoms with van der Waals surface area (Å²) in [5.74, 6) is -17.6. The lowest BCUT2D eigenvalue weighted by molar-refractivity contribution is -0.188. The number of amides is 1. The Hall–Kier alpha value is -8.58. The summed E-state index contributed by atoms with van der Waals surface area (Å²) in [4.78, 5) is 154. The molecule has 1 aromatic heterocycles. The molecule has 1 aliphatic carbocycles. The Balaban J connectivity index is 3.08. The van der Waals surface area contributed by atoms with Gasteiger partial charge in [0.1, 0.15) is 24.5 Å². The van der Waals surface area contributed by atoms with Gasteiger partial charge in [-0.15, -0.1) is 5.10 Å². The third-order valence-electron chi connectivity index (χ3n) is 11.7. The van der Waals surface area contributed by atoms with Gasteiger partial charge in [-0.1, -0.05) is 18.2 Å². The zero-order valence-corrected chi connectivity index (χ0v) is 53.3. The van der Waals surface area contributed by atoms with Gasteiger partial charge in [-0.3, -0.25) is 57.5 Å². The molecule has 1 aliphatic rings. The van der Waals surface area contributed by atoms with E-state index in [2.05, 4.69) is 10.3 Å². The molecule has 0 aliphatic heterocycles. The maximum absolute atomic E-state index is 14.1. The molecule has 0 unspecified atom stereocenters. The number of methoxy groups -OCH3 is 1. The first kappa shape index (κ1) is 79.5. The van der Waals surface area contributed by atoms with Gasteiger partial charge in [-0.2, -0.15) is 0 Å². The number of nitrogens with zero attached hydrogens (tertiary/aromatic N) is 4. The first-order chi connectivity index (χ1) is 43.2. The van der Waals surface area contributed by atoms with E-state index < -0.39 is 201 Å². The Morgan fingerprint density at radius 2 is 1.02 bits per heavy atom. The molecule has 3 N–H and O–H groups in total. The van der Waals surface area contributed by atoms with E-state index in [0.29, 0.717) is 13.2 Å². The van der Waals surface area contributed by atoms with Crippen LogP contribution in [0.15, 0.2) is 52.7 Å². The van der Waals surface area contributed by atoms with Gasteiger partial charge >= 0.3 is 65.7 Å². The Kier molecular flexibility index (Phi) is 34.8. The summed E-state index contributed by atoms with van der Waals surface area (Å²) in [6.07, 6.45) is -15.1. The van der Waals surface area contributed by atoms with Gasteiger partial charge in [0.15, 0.2) is 35.6 Å². The lowest BCUT2D eigenvalue weighted by atomic mass is 9.85. The molecular formula is C57H80N4O31. The second-order valence-electron chi connectivity index (χ2n) is 19.5. The van der Waals surface area contributed by atoms with Crippen molar-refractivity contribution in [1.82, 2.24) is 19.9 Å². The Morgan fingerprint density at radius 3 is 1.48 bits per heavy atom. The molecule has 0 saturated carbocycles. The van der Waals surface area contributed by atoms with Gasteiger partial charge in [0.05, 0.1) is 64.5 Å². The van der Waals surface area contributed by atoms with Gasteiger partial charge < -0.3 is 96.0 Å². The van der Waals surface area contributed by atoms with Crippen molar-refractivity contribution in [3.05, 3.63) is 58.4 Å². The van der Waals surface area contributed by atoms with Crippen molar-refractivity contribution in [3.63, 3.8) is 0 Å². The molecule has 0 bridgehead atoms. The number of aromatic nitrogens is 3. The minimum atomic E-state index is -2.81. The summed E-state index contributed by atoms with van der Waals surface area (Å²) in [5, 5.41) is 43.7. The van der Waals surface area contributed by atoms with Gasteiger partial charge in [0, 0.05) is 109 Å². The van der Waals surface area contributed by atoms with Crippen molar-refractivity contribution in [1.29, 1.82) is 0 Å². The second kappa shape index (κ2) is 40.3. The summed E-state index contributed by atoms with van der Waals surface area (Å²) in [5.41, 5.74) is 0.0281. The van der Waals surface area contributed by atoms with Crippen LogP contribution in [0.5, 0.6) is 0 Å². The van der Waals surface area contributed by atoms with Crippen LogP contribution in [-0.4, -0.2) is 215 Å². The molecular weight excluding hydrogens is 1240 g/mol. The van der Waals surface area contributed by atoms with Crippen LogP contribution in [0.25, 0.3) is 0 Å². The summed E-state index contributed by atoms with van der Waals surface area (Å²) >= 11 is 0. The molecule has 0 spiro atoms. The van der Waals surface area contributed by atoms with Gasteiger partial charge in [0.25, 0.3) is 0 Å². The standard InChI is InChI=1S/C57H80N4O31/c1-15-43(61(29(2)62)44-24-41(27-81-32(5)65)48(84-34(7)67)52(88-38(11)71)49(44)85-35(8)68)25-47(83-33(6)66)55(74)91-45(16-19-79-30(3)63)51(87-37(10)70)54(90-40(13)73)57(76)92-46(17-20-80-31(4)64)50(86-36(9)69)53(89-39(12)72)56(75)82-28-42-26-60(59-58-42)18-21-78-23-22-77-14/h24-26,43-46,48-49,52,55-57,74-76H,15-23,27-28H2,1-14H3/b47-25-,53-50+,54-51+/t43-,44+,45-,46-,48-,49+,52+,55-,56+,57-/m0/s1. The highest BCUT2D eigenvalue weighted by Gasteiger charge is 2.50. The topological polar surface area (TPSA) is 447 Å². The minimum Gasteiger partial charge on any atom is -0.466 e. The van der Waals surface area contributed by atoms with E-state index in [9.17, 15) is 72.9 Å². The van der Waals surface area contributed by atoms with E-state index >= 15 is 0 Å². The molecule has 1 aromatic rings. The molecule has 92 heavy (non-hydrogen) atoms. The quantitative estimate of drug-likeness (QED) is 0.0203. The van der Waals surface area contributed by atoms with Crippen LogP contribution < -0.4 is 0 Å². The normalized spacial score (nSPS) is 18.0. The Labute approximate surface area is 527 Å². The highest BCUT2D eigenvalue weighted by molar-refractivity contribution is 5.76. The molecule has 10 atom stereocenters. The maximum Gasteiger partial charge on any atom is 0.308 e. The molecule has 0 aromatic carbocycles. The molecule has 1 amide bonds. The summed E-state index contributed by atoms with van der Waals surface area (Å²) in [6.45, 7) is 11.2. The SMILES string of the molecule is CC[C@@H](/C=C(\OC(C)=O)[C@@H](O)O[C@@H](CCOC(C)=O)/C(OC(C)=O)=C(\OC(C)=O)[C@@H](O)O[C@@H](CCOC(C)=O)/C(OC(C)=O)=C(\OC(C)=O)[C@H](O)OCc1cn(CCOCCOC)nn1)N(C(C)=O)[C@@H]1C=C(COC(C)=O)[C@H](OC(C)=O)[C@@H](OC(C)=O)[C@@H]1OC(C)=O. The van der Waals surface area contributed by atoms with Crippen molar-refractivity contribution >= 4 is 71.6 Å². The predicted molar refractivity (Wildman–Crippen MR) is 301 cm³/mol. The fourth-order valence-corrected chi connectivity index (χ4v) is 8.44.